The maximum absolute atomic E-state index is 11.6. The smallest absolute Gasteiger partial charge is 0.337 e. The number of nitrogens with two attached hydrogens (primary N) is 1. The lowest BCUT2D eigenvalue weighted by Gasteiger charge is -2.12. The van der Waals surface area contributed by atoms with Crippen LogP contribution in [0.4, 0.5) is 5.69 Å². The Labute approximate surface area is 112 Å². The number of hydrogen-bond acceptors (Lipinski definition) is 3. The van der Waals surface area contributed by atoms with E-state index in [1.165, 1.54) is 12.1 Å². The van der Waals surface area contributed by atoms with Crippen LogP contribution in [0, 0.1) is 12.3 Å². The van der Waals surface area contributed by atoms with Gasteiger partial charge < -0.3 is 16.2 Å². The molecule has 1 aromatic rings. The van der Waals surface area contributed by atoms with Gasteiger partial charge in [-0.3, -0.25) is 4.79 Å². The molecule has 0 fully saturated rings. The highest BCUT2D eigenvalue weighted by atomic mass is 79.9. The summed E-state index contributed by atoms with van der Waals surface area (Å²) < 4.78 is 0.647. The minimum Gasteiger partial charge on any atom is -0.478 e. The van der Waals surface area contributed by atoms with Crippen molar-refractivity contribution in [1.29, 1.82) is 0 Å². The van der Waals surface area contributed by atoms with E-state index in [0.29, 0.717) is 4.47 Å². The molecule has 1 amide bonds. The van der Waals surface area contributed by atoms with Crippen LogP contribution < -0.4 is 11.1 Å². The van der Waals surface area contributed by atoms with Crippen molar-refractivity contribution in [2.75, 3.05) is 5.32 Å². The summed E-state index contributed by atoms with van der Waals surface area (Å²) in [6.45, 7) is 0. The summed E-state index contributed by atoms with van der Waals surface area (Å²) in [6, 6.07) is 3.58. The summed E-state index contributed by atoms with van der Waals surface area (Å²) in [5.41, 5.74) is 5.69. The molecule has 94 valence electrons. The Balaban J connectivity index is 2.96. The van der Waals surface area contributed by atoms with Crippen LogP contribution in [0.3, 0.4) is 0 Å². The number of nitrogens with one attached hydrogen (secondary N) is 1. The van der Waals surface area contributed by atoms with E-state index in [9.17, 15) is 9.59 Å². The van der Waals surface area contributed by atoms with Crippen molar-refractivity contribution in [2.45, 2.75) is 12.5 Å². The van der Waals surface area contributed by atoms with Gasteiger partial charge >= 0.3 is 5.97 Å². The van der Waals surface area contributed by atoms with Crippen molar-refractivity contribution in [3.8, 4) is 12.3 Å². The zero-order valence-corrected chi connectivity index (χ0v) is 10.9. The van der Waals surface area contributed by atoms with Gasteiger partial charge in [0.15, 0.2) is 0 Å². The first-order valence-electron chi connectivity index (χ1n) is 4.98. The first-order chi connectivity index (χ1) is 8.45. The zero-order chi connectivity index (χ0) is 13.7. The molecule has 0 saturated carbocycles. The molecule has 18 heavy (non-hydrogen) atoms. The van der Waals surface area contributed by atoms with Crippen LogP contribution in [0.25, 0.3) is 0 Å². The predicted octanol–water partition coefficient (Wildman–Crippen LogP) is 1.44. The summed E-state index contributed by atoms with van der Waals surface area (Å²) in [5, 5.41) is 11.4. The number of aromatic carboxylic acids is 1. The van der Waals surface area contributed by atoms with Gasteiger partial charge in [-0.25, -0.2) is 4.79 Å². The molecule has 1 aromatic carbocycles. The predicted molar refractivity (Wildman–Crippen MR) is 71.2 cm³/mol. The number of hydrogen-bond donors (Lipinski definition) is 3. The lowest BCUT2D eigenvalue weighted by molar-refractivity contribution is -0.117. The number of carboxylic acids is 1. The van der Waals surface area contributed by atoms with Crippen LogP contribution >= 0.6 is 15.9 Å². The van der Waals surface area contributed by atoms with Gasteiger partial charge in [-0.15, -0.1) is 12.3 Å². The molecular weight excluding hydrogens is 300 g/mol. The lowest BCUT2D eigenvalue weighted by Crippen LogP contribution is -2.35. The summed E-state index contributed by atoms with van der Waals surface area (Å²) in [5.74, 6) is 0.616. The molecule has 1 unspecified atom stereocenters. The van der Waals surface area contributed by atoms with Crippen LogP contribution in [0.15, 0.2) is 22.7 Å². The summed E-state index contributed by atoms with van der Waals surface area (Å²) in [4.78, 5) is 22.6. The third-order valence-electron chi connectivity index (χ3n) is 2.14. The van der Waals surface area contributed by atoms with Gasteiger partial charge in [0.2, 0.25) is 5.91 Å². The van der Waals surface area contributed by atoms with Crippen LogP contribution in [0.1, 0.15) is 16.8 Å². The van der Waals surface area contributed by atoms with Gasteiger partial charge in [-0.2, -0.15) is 0 Å². The molecule has 0 aliphatic rings. The van der Waals surface area contributed by atoms with Crippen molar-refractivity contribution < 1.29 is 14.7 Å². The molecule has 0 heterocycles. The number of terminal acetylenes is 1. The van der Waals surface area contributed by atoms with E-state index >= 15 is 0 Å². The van der Waals surface area contributed by atoms with Gasteiger partial charge in [0, 0.05) is 10.9 Å². The Kier molecular flexibility index (Phi) is 4.89. The first kappa shape index (κ1) is 14.2. The molecule has 0 spiro atoms. The lowest BCUT2D eigenvalue weighted by atomic mass is 10.1. The molecule has 0 aromatic heterocycles. The average Bonchev–Trinajstić information content (AvgIpc) is 2.28. The second-order valence-electron chi connectivity index (χ2n) is 3.50. The Hall–Kier alpha value is -1.84. The maximum atomic E-state index is 11.6. The number of carbonyl (C=O) groups is 2. The number of carboxylic acid groups (broad SMARTS) is 1. The molecule has 0 aliphatic carbocycles. The average molecular weight is 311 g/mol. The van der Waals surface area contributed by atoms with E-state index in [4.69, 9.17) is 17.3 Å². The zero-order valence-electron chi connectivity index (χ0n) is 9.31. The van der Waals surface area contributed by atoms with Crippen molar-refractivity contribution in [3.05, 3.63) is 28.2 Å². The minimum atomic E-state index is -1.14. The second-order valence-corrected chi connectivity index (χ2v) is 4.41. The standard InChI is InChI=1S/C12H11BrN2O3/c1-2-3-9(14)11(16)15-10-6-7(13)4-5-8(10)12(17)18/h1,4-6,9H,3,14H2,(H,15,16)(H,17,18). The molecule has 6 heteroatoms. The molecule has 0 saturated heterocycles. The summed E-state index contributed by atoms with van der Waals surface area (Å²) in [6.07, 6.45) is 5.14. The molecule has 0 aliphatic heterocycles. The molecule has 5 nitrogen and oxygen atoms in total. The van der Waals surface area contributed by atoms with E-state index in [2.05, 4.69) is 27.2 Å². The highest BCUT2D eigenvalue weighted by Crippen LogP contribution is 2.21. The third kappa shape index (κ3) is 3.58. The highest BCUT2D eigenvalue weighted by molar-refractivity contribution is 9.10. The van der Waals surface area contributed by atoms with Crippen LogP contribution in [0.2, 0.25) is 0 Å². The molecule has 4 N–H and O–H groups in total. The number of benzene rings is 1. The topological polar surface area (TPSA) is 92.4 Å². The molecule has 1 atom stereocenters. The normalized spacial score (nSPS) is 11.4. The number of rotatable bonds is 4. The SMILES string of the molecule is C#CCC(N)C(=O)Nc1cc(Br)ccc1C(=O)O. The van der Waals surface area contributed by atoms with Crippen LogP contribution in [-0.2, 0) is 4.79 Å². The van der Waals surface area contributed by atoms with Crippen LogP contribution in [-0.4, -0.2) is 23.0 Å². The number of amides is 1. The first-order valence-corrected chi connectivity index (χ1v) is 5.77. The fourth-order valence-corrected chi connectivity index (χ4v) is 1.61. The van der Waals surface area contributed by atoms with Crippen molar-refractivity contribution in [2.24, 2.45) is 5.73 Å². The Morgan fingerprint density at radius 2 is 2.22 bits per heavy atom. The van der Waals surface area contributed by atoms with Gasteiger partial charge in [-0.05, 0) is 18.2 Å². The monoisotopic (exact) mass is 310 g/mol. The Morgan fingerprint density at radius 3 is 2.78 bits per heavy atom. The van der Waals surface area contributed by atoms with Crippen molar-refractivity contribution in [3.63, 3.8) is 0 Å². The van der Waals surface area contributed by atoms with E-state index in [1.807, 2.05) is 0 Å². The fourth-order valence-electron chi connectivity index (χ4n) is 1.25. The van der Waals surface area contributed by atoms with Gasteiger partial charge in [-0.1, -0.05) is 15.9 Å². The van der Waals surface area contributed by atoms with Gasteiger partial charge in [0.05, 0.1) is 17.3 Å². The number of anilines is 1. The van der Waals surface area contributed by atoms with Crippen molar-refractivity contribution in [1.82, 2.24) is 0 Å². The summed E-state index contributed by atoms with van der Waals surface area (Å²) >= 11 is 3.20. The minimum absolute atomic E-state index is 0.0144. The quantitative estimate of drug-likeness (QED) is 0.734. The third-order valence-corrected chi connectivity index (χ3v) is 2.64. The van der Waals surface area contributed by atoms with Crippen LogP contribution in [0.5, 0.6) is 0 Å². The Bertz CT molecular complexity index is 523. The van der Waals surface area contributed by atoms with Gasteiger partial charge in [0.1, 0.15) is 0 Å². The van der Waals surface area contributed by atoms with E-state index < -0.39 is 17.9 Å². The molecular formula is C12H11BrN2O3. The fraction of sp³-hybridized carbons (Fsp3) is 0.167. The number of halogens is 1. The van der Waals surface area contributed by atoms with Gasteiger partial charge in [0.25, 0.3) is 0 Å². The van der Waals surface area contributed by atoms with E-state index in [-0.39, 0.29) is 17.7 Å². The van der Waals surface area contributed by atoms with E-state index in [1.54, 1.807) is 6.07 Å². The maximum Gasteiger partial charge on any atom is 0.337 e. The molecule has 1 rings (SSSR count). The van der Waals surface area contributed by atoms with Crippen molar-refractivity contribution >= 4 is 33.5 Å². The highest BCUT2D eigenvalue weighted by Gasteiger charge is 2.16. The second kappa shape index (κ2) is 6.19. The summed E-state index contributed by atoms with van der Waals surface area (Å²) in [7, 11) is 0. The molecule has 0 radical (unpaired) electrons. The van der Waals surface area contributed by atoms with E-state index in [0.717, 1.165) is 0 Å². The largest absolute Gasteiger partial charge is 0.478 e. The number of carbonyl (C=O) groups excluding carboxylic acids is 1. The Morgan fingerprint density at radius 1 is 1.56 bits per heavy atom. The molecule has 0 bridgehead atoms.